The Morgan fingerprint density at radius 3 is 1.75 bits per heavy atom. The predicted molar refractivity (Wildman–Crippen MR) is 147 cm³/mol. The predicted octanol–water partition coefficient (Wildman–Crippen LogP) is 6.85. The molecule has 0 unspecified atom stereocenters. The molecule has 0 aliphatic rings. The second-order valence-electron chi connectivity index (χ2n) is 6.34. The summed E-state index contributed by atoms with van der Waals surface area (Å²) in [5.41, 5.74) is 2.08. The van der Waals surface area contributed by atoms with E-state index in [4.69, 9.17) is 0 Å². The van der Waals surface area contributed by atoms with E-state index in [9.17, 15) is 0 Å². The maximum absolute atomic E-state index is 4.67. The maximum atomic E-state index is 4.67. The highest BCUT2D eigenvalue weighted by Crippen LogP contribution is 2.32. The van der Waals surface area contributed by atoms with Gasteiger partial charge in [-0.2, -0.15) is 5.10 Å². The number of hydrazone groups is 1. The van der Waals surface area contributed by atoms with Crippen molar-refractivity contribution in [3.63, 3.8) is 0 Å². The Labute approximate surface area is 196 Å². The van der Waals surface area contributed by atoms with E-state index >= 15 is 0 Å². The maximum Gasteiger partial charge on any atom is 0.0651 e. The highest BCUT2D eigenvalue weighted by molar-refractivity contribution is 7.79. The molecule has 2 nitrogen and oxygen atoms in total. The van der Waals surface area contributed by atoms with Gasteiger partial charge in [0.05, 0.1) is 12.3 Å². The van der Waals surface area contributed by atoms with Crippen LogP contribution in [0.4, 0.5) is 0 Å². The zero-order valence-corrected chi connectivity index (χ0v) is 21.1. The summed E-state index contributed by atoms with van der Waals surface area (Å²) in [4.78, 5) is 0. The first-order valence-electron chi connectivity index (χ1n) is 11.3. The Balaban J connectivity index is 0.00000121. The van der Waals surface area contributed by atoms with Gasteiger partial charge in [-0.3, -0.25) is 5.01 Å². The van der Waals surface area contributed by atoms with Crippen LogP contribution in [0.1, 0.15) is 40.2 Å². The zero-order chi connectivity index (χ0) is 23.8. The van der Waals surface area contributed by atoms with Gasteiger partial charge in [-0.25, -0.2) is 0 Å². The van der Waals surface area contributed by atoms with Crippen molar-refractivity contribution < 1.29 is 0 Å². The molecule has 0 amide bonds. The number of hydrogen-bond donors (Lipinski definition) is 0. The van der Waals surface area contributed by atoms with Crippen molar-refractivity contribution in [1.82, 2.24) is 5.01 Å². The van der Waals surface area contributed by atoms with Gasteiger partial charge in [-0.1, -0.05) is 119 Å². The summed E-state index contributed by atoms with van der Waals surface area (Å²) in [5, 5.41) is 10.5. The van der Waals surface area contributed by atoms with Gasteiger partial charge in [-0.05, 0) is 42.4 Å². The molecule has 0 heterocycles. The fraction of sp³-hybridized carbons (Fsp3) is 0.207. The standard InChI is InChI=1S/C25H25N2P.2C2H6/c1-4-19-27(5-2)26-21(3)22-13-12-18-25(20-22)28(23-14-8-6-9-15-23)24-16-10-7-11-17-24;2*1-2/h4-18,20H,1-2,19H2,3H3;2*1-2H3/b26-21+;;. The van der Waals surface area contributed by atoms with Gasteiger partial charge in [0.1, 0.15) is 0 Å². The second-order valence-corrected chi connectivity index (χ2v) is 8.56. The number of nitrogens with zero attached hydrogens (tertiary/aromatic N) is 2. The third-order valence-electron chi connectivity index (χ3n) is 4.36. The molecule has 0 saturated carbocycles. The van der Waals surface area contributed by atoms with E-state index in [2.05, 4.69) is 103 Å². The van der Waals surface area contributed by atoms with Crippen LogP contribution in [-0.4, -0.2) is 17.3 Å². The fourth-order valence-corrected chi connectivity index (χ4v) is 5.35. The van der Waals surface area contributed by atoms with Crippen LogP contribution in [0.3, 0.4) is 0 Å². The van der Waals surface area contributed by atoms with E-state index in [1.807, 2.05) is 40.7 Å². The molecule has 3 heteroatoms. The topological polar surface area (TPSA) is 15.6 Å². The molecule has 0 bridgehead atoms. The van der Waals surface area contributed by atoms with Gasteiger partial charge >= 0.3 is 0 Å². The van der Waals surface area contributed by atoms with Crippen molar-refractivity contribution in [1.29, 1.82) is 0 Å². The average Bonchev–Trinajstić information content (AvgIpc) is 2.88. The molecule has 0 saturated heterocycles. The zero-order valence-electron chi connectivity index (χ0n) is 20.2. The van der Waals surface area contributed by atoms with Crippen LogP contribution < -0.4 is 15.9 Å². The minimum Gasteiger partial charge on any atom is -0.269 e. The van der Waals surface area contributed by atoms with E-state index in [0.717, 1.165) is 11.3 Å². The molecule has 0 N–H and O–H groups in total. The van der Waals surface area contributed by atoms with Gasteiger partial charge in [0.25, 0.3) is 0 Å². The summed E-state index contributed by atoms with van der Waals surface area (Å²) >= 11 is 0. The summed E-state index contributed by atoms with van der Waals surface area (Å²) in [6, 6.07) is 30.2. The van der Waals surface area contributed by atoms with Crippen LogP contribution in [0.25, 0.3) is 0 Å². The van der Waals surface area contributed by atoms with Crippen molar-refractivity contribution in [2.75, 3.05) is 6.54 Å². The van der Waals surface area contributed by atoms with Gasteiger partial charge in [0.2, 0.25) is 0 Å². The van der Waals surface area contributed by atoms with Gasteiger partial charge in [0.15, 0.2) is 0 Å². The number of rotatable bonds is 8. The summed E-state index contributed by atoms with van der Waals surface area (Å²) in [7, 11) is -0.623. The third kappa shape index (κ3) is 7.94. The quantitative estimate of drug-likeness (QED) is 0.160. The molecule has 0 aliphatic heterocycles. The smallest absolute Gasteiger partial charge is 0.0651 e. The van der Waals surface area contributed by atoms with Crippen molar-refractivity contribution in [2.24, 2.45) is 5.10 Å². The van der Waals surface area contributed by atoms with Crippen LogP contribution in [0.5, 0.6) is 0 Å². The Morgan fingerprint density at radius 2 is 1.28 bits per heavy atom. The molecule has 168 valence electrons. The van der Waals surface area contributed by atoms with Crippen LogP contribution in [0, 0.1) is 0 Å². The summed E-state index contributed by atoms with van der Waals surface area (Å²) in [5.74, 6) is 0. The Hall–Kier alpha value is -2.96. The van der Waals surface area contributed by atoms with Gasteiger partial charge < -0.3 is 0 Å². The first-order chi connectivity index (χ1) is 15.7. The molecule has 3 rings (SSSR count). The highest BCUT2D eigenvalue weighted by atomic mass is 31.1. The first kappa shape index (κ1) is 27.1. The number of benzene rings is 3. The van der Waals surface area contributed by atoms with Crippen molar-refractivity contribution in [3.05, 3.63) is 116 Å². The minimum atomic E-state index is -0.623. The summed E-state index contributed by atoms with van der Waals surface area (Å²) < 4.78 is 0. The molecular formula is C29H37N2P. The van der Waals surface area contributed by atoms with E-state index in [1.165, 1.54) is 15.9 Å². The van der Waals surface area contributed by atoms with Crippen molar-refractivity contribution in [3.8, 4) is 0 Å². The van der Waals surface area contributed by atoms with Gasteiger partial charge in [0, 0.05) is 6.20 Å². The SMILES string of the molecule is C=CCN(C=C)/N=C(\C)c1cccc(P(c2ccccc2)c2ccccc2)c1.CC.CC. The Kier molecular flexibility index (Phi) is 13.4. The van der Waals surface area contributed by atoms with Crippen LogP contribution in [0.2, 0.25) is 0 Å². The van der Waals surface area contributed by atoms with Gasteiger partial charge in [-0.15, -0.1) is 6.58 Å². The fourth-order valence-electron chi connectivity index (χ4n) is 3.01. The molecule has 3 aromatic rings. The van der Waals surface area contributed by atoms with Crippen LogP contribution in [0.15, 0.2) is 115 Å². The lowest BCUT2D eigenvalue weighted by Gasteiger charge is -2.20. The Morgan fingerprint density at radius 1 is 0.781 bits per heavy atom. The van der Waals surface area contributed by atoms with Crippen LogP contribution in [-0.2, 0) is 0 Å². The summed E-state index contributed by atoms with van der Waals surface area (Å²) in [6.07, 6.45) is 3.54. The third-order valence-corrected chi connectivity index (χ3v) is 6.78. The normalized spacial score (nSPS) is 10.2. The summed E-state index contributed by atoms with van der Waals surface area (Å²) in [6.45, 7) is 18.3. The van der Waals surface area contributed by atoms with E-state index < -0.39 is 7.92 Å². The molecule has 0 atom stereocenters. The molecule has 0 radical (unpaired) electrons. The molecule has 0 spiro atoms. The monoisotopic (exact) mass is 444 g/mol. The molecule has 0 aromatic heterocycles. The first-order valence-corrected chi connectivity index (χ1v) is 12.6. The highest BCUT2D eigenvalue weighted by Gasteiger charge is 2.16. The van der Waals surface area contributed by atoms with Crippen molar-refractivity contribution >= 4 is 29.5 Å². The lowest BCUT2D eigenvalue weighted by atomic mass is 10.1. The van der Waals surface area contributed by atoms with E-state index in [0.29, 0.717) is 6.54 Å². The molecular weight excluding hydrogens is 407 g/mol. The lowest BCUT2D eigenvalue weighted by molar-refractivity contribution is 0.445. The minimum absolute atomic E-state index is 0.623. The average molecular weight is 445 g/mol. The molecule has 0 fully saturated rings. The molecule has 0 aliphatic carbocycles. The number of hydrogen-bond acceptors (Lipinski definition) is 2. The lowest BCUT2D eigenvalue weighted by Crippen LogP contribution is -2.21. The van der Waals surface area contributed by atoms with Crippen LogP contribution >= 0.6 is 7.92 Å². The molecule has 3 aromatic carbocycles. The molecule has 32 heavy (non-hydrogen) atoms. The second kappa shape index (κ2) is 15.8. The van der Waals surface area contributed by atoms with Crippen molar-refractivity contribution in [2.45, 2.75) is 34.6 Å². The largest absolute Gasteiger partial charge is 0.269 e. The van der Waals surface area contributed by atoms with E-state index in [-0.39, 0.29) is 0 Å². The Bertz CT molecular complexity index is 910. The van der Waals surface area contributed by atoms with E-state index in [1.54, 1.807) is 11.2 Å².